The van der Waals surface area contributed by atoms with Crippen molar-refractivity contribution in [2.75, 3.05) is 0 Å². The molecule has 1 aromatic heterocycles. The quantitative estimate of drug-likeness (QED) is 0.635. The number of nitrogens with one attached hydrogen (secondary N) is 1. The molecule has 0 bridgehead atoms. The first-order valence-electron chi connectivity index (χ1n) is 4.49. The van der Waals surface area contributed by atoms with Crippen molar-refractivity contribution in [1.82, 2.24) is 9.55 Å². The Kier molecular flexibility index (Phi) is 8.38. The number of amidine groups is 1. The summed E-state index contributed by atoms with van der Waals surface area (Å²) in [6.07, 6.45) is 3.52. The van der Waals surface area contributed by atoms with Gasteiger partial charge in [-0.3, -0.25) is 5.41 Å². The number of halogens is 2. The average molecular weight is 253 g/mol. The highest BCUT2D eigenvalue weighted by molar-refractivity contribution is 5.85. The highest BCUT2D eigenvalue weighted by Gasteiger charge is 2.02. The lowest BCUT2D eigenvalue weighted by atomic mass is 10.3. The summed E-state index contributed by atoms with van der Waals surface area (Å²) in [6, 6.07) is 0. The third kappa shape index (κ3) is 5.04. The van der Waals surface area contributed by atoms with Crippen LogP contribution in [0.5, 0.6) is 0 Å². The standard InChI is InChI=1S/C9H16N4.2ClH/c1-3-9-12-7(2)6-13(9)5-4-8(10)11;;/h6H,3-5H2,1-2H3,(H3,10,11);2*1H. The van der Waals surface area contributed by atoms with E-state index in [0.717, 1.165) is 24.5 Å². The van der Waals surface area contributed by atoms with Gasteiger partial charge in [0.05, 0.1) is 11.5 Å². The van der Waals surface area contributed by atoms with E-state index in [0.29, 0.717) is 6.42 Å². The fourth-order valence-electron chi connectivity index (χ4n) is 1.31. The predicted molar refractivity (Wildman–Crippen MR) is 67.4 cm³/mol. The SMILES string of the molecule is CCc1nc(C)cn1CCC(=N)N.Cl.Cl. The third-order valence-corrected chi connectivity index (χ3v) is 1.92. The predicted octanol–water partition coefficient (Wildman–Crippen LogP) is 1.92. The van der Waals surface area contributed by atoms with E-state index < -0.39 is 0 Å². The van der Waals surface area contributed by atoms with Crippen molar-refractivity contribution >= 4 is 30.6 Å². The summed E-state index contributed by atoms with van der Waals surface area (Å²) < 4.78 is 2.07. The number of nitrogens with zero attached hydrogens (tertiary/aromatic N) is 2. The highest BCUT2D eigenvalue weighted by Crippen LogP contribution is 2.04. The summed E-state index contributed by atoms with van der Waals surface area (Å²) in [5.41, 5.74) is 6.32. The van der Waals surface area contributed by atoms with E-state index in [2.05, 4.69) is 16.5 Å². The molecular weight excluding hydrogens is 235 g/mol. The fourth-order valence-corrected chi connectivity index (χ4v) is 1.31. The van der Waals surface area contributed by atoms with Gasteiger partial charge in [-0.1, -0.05) is 6.92 Å². The Labute approximate surface area is 103 Å². The minimum atomic E-state index is 0. The maximum absolute atomic E-state index is 7.12. The van der Waals surface area contributed by atoms with Crippen LogP contribution in [0.3, 0.4) is 0 Å². The van der Waals surface area contributed by atoms with Gasteiger partial charge in [0.1, 0.15) is 5.82 Å². The van der Waals surface area contributed by atoms with Crippen LogP contribution in [0.15, 0.2) is 6.20 Å². The van der Waals surface area contributed by atoms with Crippen LogP contribution in [0.1, 0.15) is 24.9 Å². The number of aryl methyl sites for hydroxylation is 3. The second-order valence-corrected chi connectivity index (χ2v) is 3.12. The van der Waals surface area contributed by atoms with Crippen molar-refractivity contribution in [2.24, 2.45) is 5.73 Å². The summed E-state index contributed by atoms with van der Waals surface area (Å²) in [5.74, 6) is 1.30. The van der Waals surface area contributed by atoms with Crippen molar-refractivity contribution in [3.63, 3.8) is 0 Å². The van der Waals surface area contributed by atoms with Gasteiger partial charge < -0.3 is 10.3 Å². The molecule has 0 aliphatic heterocycles. The number of aromatic nitrogens is 2. The minimum Gasteiger partial charge on any atom is -0.388 e. The maximum Gasteiger partial charge on any atom is 0.108 e. The third-order valence-electron chi connectivity index (χ3n) is 1.92. The lowest BCUT2D eigenvalue weighted by molar-refractivity contribution is 0.675. The minimum absolute atomic E-state index is 0. The van der Waals surface area contributed by atoms with Gasteiger partial charge in [0.2, 0.25) is 0 Å². The Morgan fingerprint density at radius 1 is 1.53 bits per heavy atom. The average Bonchev–Trinajstić information content (AvgIpc) is 2.42. The van der Waals surface area contributed by atoms with Gasteiger partial charge in [-0.15, -0.1) is 24.8 Å². The van der Waals surface area contributed by atoms with Gasteiger partial charge in [0.25, 0.3) is 0 Å². The van der Waals surface area contributed by atoms with E-state index in [-0.39, 0.29) is 30.6 Å². The molecule has 1 aromatic rings. The number of imidazole rings is 1. The Hall–Kier alpha value is -0.740. The molecule has 4 nitrogen and oxygen atoms in total. The van der Waals surface area contributed by atoms with Gasteiger partial charge in [-0.05, 0) is 6.92 Å². The van der Waals surface area contributed by atoms with Crippen molar-refractivity contribution in [3.8, 4) is 0 Å². The molecule has 0 unspecified atom stereocenters. The molecule has 0 radical (unpaired) electrons. The van der Waals surface area contributed by atoms with Gasteiger partial charge in [-0.2, -0.15) is 0 Å². The summed E-state index contributed by atoms with van der Waals surface area (Å²) >= 11 is 0. The molecule has 0 amide bonds. The van der Waals surface area contributed by atoms with E-state index in [1.54, 1.807) is 0 Å². The number of hydrogen-bond acceptors (Lipinski definition) is 2. The summed E-state index contributed by atoms with van der Waals surface area (Å²) in [4.78, 5) is 4.36. The molecule has 15 heavy (non-hydrogen) atoms. The van der Waals surface area contributed by atoms with Crippen LogP contribution in [0.25, 0.3) is 0 Å². The van der Waals surface area contributed by atoms with Crippen molar-refractivity contribution < 1.29 is 0 Å². The molecule has 6 heteroatoms. The summed E-state index contributed by atoms with van der Waals surface area (Å²) in [5, 5.41) is 7.12. The van der Waals surface area contributed by atoms with E-state index in [1.165, 1.54) is 0 Å². The van der Waals surface area contributed by atoms with Crippen molar-refractivity contribution in [1.29, 1.82) is 5.41 Å². The molecular formula is C9H18Cl2N4. The summed E-state index contributed by atoms with van der Waals surface area (Å²) in [7, 11) is 0. The molecule has 0 aromatic carbocycles. The van der Waals surface area contributed by atoms with Gasteiger partial charge in [-0.25, -0.2) is 4.98 Å². The molecule has 0 saturated carbocycles. The molecule has 0 aliphatic rings. The number of rotatable bonds is 4. The maximum atomic E-state index is 7.12. The summed E-state index contributed by atoms with van der Waals surface area (Å²) in [6.45, 7) is 4.81. The zero-order valence-corrected chi connectivity index (χ0v) is 10.6. The monoisotopic (exact) mass is 252 g/mol. The smallest absolute Gasteiger partial charge is 0.108 e. The first-order valence-corrected chi connectivity index (χ1v) is 4.49. The lowest BCUT2D eigenvalue weighted by Gasteiger charge is -2.04. The molecule has 0 spiro atoms. The van der Waals surface area contributed by atoms with Gasteiger partial charge >= 0.3 is 0 Å². The van der Waals surface area contributed by atoms with E-state index >= 15 is 0 Å². The normalized spacial score (nSPS) is 8.93. The largest absolute Gasteiger partial charge is 0.388 e. The Morgan fingerprint density at radius 3 is 2.60 bits per heavy atom. The molecule has 0 saturated heterocycles. The Bertz CT molecular complexity index is 309. The van der Waals surface area contributed by atoms with Crippen LogP contribution >= 0.6 is 24.8 Å². The Balaban J connectivity index is 0. The molecule has 88 valence electrons. The van der Waals surface area contributed by atoms with E-state index in [1.807, 2.05) is 13.1 Å². The van der Waals surface area contributed by atoms with Crippen LogP contribution in [0, 0.1) is 12.3 Å². The molecule has 1 heterocycles. The fraction of sp³-hybridized carbons (Fsp3) is 0.556. The van der Waals surface area contributed by atoms with Gasteiger partial charge in [0.15, 0.2) is 0 Å². The van der Waals surface area contributed by atoms with Crippen LogP contribution in [0.2, 0.25) is 0 Å². The molecule has 3 N–H and O–H groups in total. The highest BCUT2D eigenvalue weighted by atomic mass is 35.5. The molecule has 1 rings (SSSR count). The van der Waals surface area contributed by atoms with Crippen molar-refractivity contribution in [3.05, 3.63) is 17.7 Å². The second-order valence-electron chi connectivity index (χ2n) is 3.12. The lowest BCUT2D eigenvalue weighted by Crippen LogP contribution is -2.13. The molecule has 0 atom stereocenters. The van der Waals surface area contributed by atoms with Crippen LogP contribution in [0.4, 0.5) is 0 Å². The zero-order valence-electron chi connectivity index (χ0n) is 8.99. The first kappa shape index (κ1) is 16.7. The van der Waals surface area contributed by atoms with Crippen LogP contribution in [-0.4, -0.2) is 15.4 Å². The Morgan fingerprint density at radius 2 is 2.13 bits per heavy atom. The van der Waals surface area contributed by atoms with Gasteiger partial charge in [0, 0.05) is 25.6 Å². The second kappa shape index (κ2) is 7.54. The van der Waals surface area contributed by atoms with Crippen LogP contribution < -0.4 is 5.73 Å². The zero-order chi connectivity index (χ0) is 9.84. The topological polar surface area (TPSA) is 67.7 Å². The first-order chi connectivity index (χ1) is 6.13. The van der Waals surface area contributed by atoms with Crippen molar-refractivity contribution in [2.45, 2.75) is 33.2 Å². The molecule has 0 fully saturated rings. The van der Waals surface area contributed by atoms with Crippen LogP contribution in [-0.2, 0) is 13.0 Å². The van der Waals surface area contributed by atoms with E-state index in [9.17, 15) is 0 Å². The van der Waals surface area contributed by atoms with E-state index in [4.69, 9.17) is 11.1 Å². The molecule has 0 aliphatic carbocycles. The number of nitrogens with two attached hydrogens (primary N) is 1. The number of hydrogen-bond donors (Lipinski definition) is 2.